The van der Waals surface area contributed by atoms with Crippen molar-refractivity contribution >= 4 is 35.4 Å². The van der Waals surface area contributed by atoms with Gasteiger partial charge in [0, 0.05) is 32.7 Å². The van der Waals surface area contributed by atoms with E-state index in [2.05, 4.69) is 85.5 Å². The first-order valence-corrected chi connectivity index (χ1v) is 40.4. The zero-order chi connectivity index (χ0) is 83.3. The fraction of sp³-hybridized carbons (Fsp3) is 0.440. The normalized spacial score (nSPS) is 12.3. The first kappa shape index (κ1) is 90.8. The highest BCUT2D eigenvalue weighted by Crippen LogP contribution is 2.43. The van der Waals surface area contributed by atoms with Gasteiger partial charge in [0.1, 0.15) is 52.6 Å². The smallest absolute Gasteiger partial charge is 0.272 e. The number of nitrogens with one attached hydrogen (secondary N) is 6. The largest absolute Gasteiger partial charge is 0.496 e. The first-order valence-electron chi connectivity index (χ1n) is 40.4. The molecule has 618 valence electrons. The van der Waals surface area contributed by atoms with E-state index in [0.717, 1.165) is 83.3 Å². The average Bonchev–Trinajstić information content (AvgIpc) is 1.67. The second-order valence-electron chi connectivity index (χ2n) is 28.9. The summed E-state index contributed by atoms with van der Waals surface area (Å²) in [6.07, 6.45) is 8.80. The van der Waals surface area contributed by atoms with E-state index in [1.807, 2.05) is 180 Å². The standard InChI is InChI=1S/C31H42N4O4.2C30H40N4O4/c1-6-19-32-30(36)24(18-17-23-13-10-9-11-14-23)33-31(37)25-20-26(35(34-25)21-22(7-2)8-3)29-27(38-4)15-12-16-28(29)39-5;1-7-18-31-29(35)23(17-16-22-12-9-8-10-13-22)32-30(36)24-19-25(34(33-24)21(4)20(2)3)28-26(37-5)14-11-15-27(28)38-6;1-6-18-31-29(35)23(17-16-22-12-9-8-10-13-22)32-30(36)24-19-25(34(33-24)20-21(3)7-2)28-26(37-4)14-11-15-27(28)38-5/h9-16,20,22,24H,6-8,17-19,21H2,1-5H3,(H,32,36)(H,33,37);8-15,19-21,23H,7,16-18H2,1-6H3,(H,31,35)(H,32,36);8-15,19,21,23H,6-7,16-18,20H2,1-5H3,(H,31,35)(H,32,36)/t24-;2*21?,23-/m000/s1. The van der Waals surface area contributed by atoms with E-state index in [-0.39, 0.29) is 46.8 Å². The van der Waals surface area contributed by atoms with Gasteiger partial charge in [-0.25, -0.2) is 0 Å². The molecule has 115 heavy (non-hydrogen) atoms. The van der Waals surface area contributed by atoms with Crippen molar-refractivity contribution in [2.24, 2.45) is 17.8 Å². The van der Waals surface area contributed by atoms with Gasteiger partial charge in [0.15, 0.2) is 17.1 Å². The summed E-state index contributed by atoms with van der Waals surface area (Å²) in [6.45, 7) is 23.7. The average molecular weight is 1580 g/mol. The summed E-state index contributed by atoms with van der Waals surface area (Å²) in [6, 6.07) is 49.7. The van der Waals surface area contributed by atoms with Crippen molar-refractivity contribution in [3.05, 3.63) is 198 Å². The third kappa shape index (κ3) is 26.0. The van der Waals surface area contributed by atoms with E-state index in [1.54, 1.807) is 60.9 Å². The zero-order valence-electron chi connectivity index (χ0n) is 70.2. The number of carbonyl (C=O) groups excluding carboxylic acids is 6. The molecule has 6 aromatic carbocycles. The predicted octanol–water partition coefficient (Wildman–Crippen LogP) is 15.2. The molecular formula is C91H122N12O12. The van der Waals surface area contributed by atoms with Gasteiger partial charge < -0.3 is 60.3 Å². The van der Waals surface area contributed by atoms with Crippen LogP contribution in [0.15, 0.2) is 164 Å². The Morgan fingerprint density at radius 1 is 0.365 bits per heavy atom. The summed E-state index contributed by atoms with van der Waals surface area (Å²) in [7, 11) is 9.63. The second kappa shape index (κ2) is 47.3. The Kier molecular flexibility index (Phi) is 37.3. The van der Waals surface area contributed by atoms with E-state index in [1.165, 1.54) is 0 Å². The van der Waals surface area contributed by atoms with Crippen LogP contribution in [0, 0.1) is 17.8 Å². The first-order chi connectivity index (χ1) is 55.7. The monoisotopic (exact) mass is 1570 g/mol. The van der Waals surface area contributed by atoms with Crippen LogP contribution in [0.1, 0.15) is 181 Å². The number of nitrogens with zero attached hydrogens (tertiary/aromatic N) is 6. The summed E-state index contributed by atoms with van der Waals surface area (Å²) < 4.78 is 39.4. The van der Waals surface area contributed by atoms with Crippen LogP contribution in [0.25, 0.3) is 33.8 Å². The Morgan fingerprint density at radius 3 is 0.948 bits per heavy atom. The lowest BCUT2D eigenvalue weighted by atomic mass is 10.0. The fourth-order valence-electron chi connectivity index (χ4n) is 13.0. The van der Waals surface area contributed by atoms with Crippen LogP contribution in [0.5, 0.6) is 34.5 Å². The number of amides is 6. The molecule has 0 aliphatic heterocycles. The van der Waals surface area contributed by atoms with E-state index in [0.29, 0.717) is 123 Å². The molecule has 0 bridgehead atoms. The SMILES string of the molecule is CCCNC(=O)[C@H](CCc1ccccc1)NC(=O)c1cc(-c2c(OC)cccc2OC)n(C(C)C(C)C)n1.CCCNC(=O)[C@H](CCc1ccccc1)NC(=O)c1cc(-c2c(OC)cccc2OC)n(CC(C)CC)n1.CCCNC(=O)[C@H](CCc1ccccc1)NC(=O)c1cc(-c2c(OC)cccc2OC)n(CC(CC)CC)n1. The Bertz CT molecular complexity index is 4430. The Morgan fingerprint density at radius 2 is 0.661 bits per heavy atom. The number of methoxy groups -OCH3 is 6. The van der Waals surface area contributed by atoms with Crippen molar-refractivity contribution < 1.29 is 57.2 Å². The van der Waals surface area contributed by atoms with Crippen LogP contribution in [0.3, 0.4) is 0 Å². The maximum atomic E-state index is 13.5. The third-order valence-electron chi connectivity index (χ3n) is 20.4. The van der Waals surface area contributed by atoms with Gasteiger partial charge in [-0.3, -0.25) is 42.8 Å². The second-order valence-corrected chi connectivity index (χ2v) is 28.9. The highest BCUT2D eigenvalue weighted by molar-refractivity contribution is 5.99. The van der Waals surface area contributed by atoms with Gasteiger partial charge in [-0.2, -0.15) is 15.3 Å². The molecule has 6 N–H and O–H groups in total. The molecule has 0 saturated heterocycles. The molecule has 6 amide bonds. The van der Waals surface area contributed by atoms with E-state index < -0.39 is 35.8 Å². The van der Waals surface area contributed by atoms with Gasteiger partial charge in [-0.15, -0.1) is 0 Å². The number of hydrogen-bond donors (Lipinski definition) is 6. The Labute approximate surface area is 679 Å². The van der Waals surface area contributed by atoms with Crippen LogP contribution in [-0.2, 0) is 46.7 Å². The Hall–Kier alpha value is -11.4. The van der Waals surface area contributed by atoms with Crippen molar-refractivity contribution in [3.63, 3.8) is 0 Å². The van der Waals surface area contributed by atoms with Crippen molar-refractivity contribution in [1.29, 1.82) is 0 Å². The molecule has 2 unspecified atom stereocenters. The summed E-state index contributed by atoms with van der Waals surface area (Å²) in [5, 5.41) is 31.7. The molecule has 9 aromatic rings. The predicted molar refractivity (Wildman–Crippen MR) is 453 cm³/mol. The summed E-state index contributed by atoms with van der Waals surface area (Å²) in [5.41, 5.74) is 8.40. The number of carbonyl (C=O) groups is 6. The minimum absolute atomic E-state index is 0.0112. The number of benzene rings is 6. The molecule has 3 heterocycles. The van der Waals surface area contributed by atoms with Crippen LogP contribution < -0.4 is 60.3 Å². The van der Waals surface area contributed by atoms with E-state index in [4.69, 9.17) is 38.6 Å². The highest BCUT2D eigenvalue weighted by atomic mass is 16.5. The molecule has 0 aliphatic rings. The number of aromatic nitrogens is 6. The van der Waals surface area contributed by atoms with E-state index in [9.17, 15) is 28.8 Å². The van der Waals surface area contributed by atoms with Gasteiger partial charge in [-0.05, 0) is 154 Å². The van der Waals surface area contributed by atoms with Gasteiger partial charge in [0.25, 0.3) is 17.7 Å². The summed E-state index contributed by atoms with van der Waals surface area (Å²) >= 11 is 0. The van der Waals surface area contributed by atoms with Crippen LogP contribution in [0.4, 0.5) is 0 Å². The molecule has 0 saturated carbocycles. The van der Waals surface area contributed by atoms with Gasteiger partial charge in [-0.1, -0.05) is 191 Å². The van der Waals surface area contributed by atoms with Crippen molar-refractivity contribution in [3.8, 4) is 68.3 Å². The summed E-state index contributed by atoms with van der Waals surface area (Å²) in [4.78, 5) is 79.4. The lowest BCUT2D eigenvalue weighted by Gasteiger charge is -2.21. The van der Waals surface area contributed by atoms with E-state index >= 15 is 0 Å². The number of ether oxygens (including phenoxy) is 6. The highest BCUT2D eigenvalue weighted by Gasteiger charge is 2.31. The van der Waals surface area contributed by atoms with Gasteiger partial charge in [0.05, 0.1) is 82.5 Å². The molecule has 0 radical (unpaired) electrons. The lowest BCUT2D eigenvalue weighted by Crippen LogP contribution is -2.47. The number of hydrogen-bond acceptors (Lipinski definition) is 15. The van der Waals surface area contributed by atoms with Gasteiger partial charge in [0.2, 0.25) is 17.7 Å². The van der Waals surface area contributed by atoms with Crippen LogP contribution in [0.2, 0.25) is 0 Å². The maximum absolute atomic E-state index is 13.5. The third-order valence-corrected chi connectivity index (χ3v) is 20.4. The quantitative estimate of drug-likeness (QED) is 0.0207. The van der Waals surface area contributed by atoms with Gasteiger partial charge >= 0.3 is 0 Å². The van der Waals surface area contributed by atoms with Crippen molar-refractivity contribution in [2.45, 2.75) is 184 Å². The minimum atomic E-state index is -0.689. The summed E-state index contributed by atoms with van der Waals surface area (Å²) in [5.74, 6) is 2.96. The number of rotatable bonds is 42. The molecule has 3 aromatic heterocycles. The lowest BCUT2D eigenvalue weighted by molar-refractivity contribution is -0.123. The molecule has 0 aliphatic carbocycles. The zero-order valence-corrected chi connectivity index (χ0v) is 70.2. The molecule has 24 nitrogen and oxygen atoms in total. The van der Waals surface area contributed by atoms with Crippen LogP contribution >= 0.6 is 0 Å². The fourth-order valence-corrected chi connectivity index (χ4v) is 13.0. The molecule has 0 spiro atoms. The molecule has 9 rings (SSSR count). The Balaban J connectivity index is 0.000000239. The number of aryl methyl sites for hydroxylation is 3. The van der Waals surface area contributed by atoms with Crippen molar-refractivity contribution in [2.75, 3.05) is 62.3 Å². The molecule has 5 atom stereocenters. The molecule has 0 fully saturated rings. The molecule has 24 heteroatoms. The topological polar surface area (TPSA) is 283 Å². The van der Waals surface area contributed by atoms with Crippen molar-refractivity contribution in [1.82, 2.24) is 61.2 Å². The van der Waals surface area contributed by atoms with Crippen LogP contribution in [-0.4, -0.2) is 145 Å². The maximum Gasteiger partial charge on any atom is 0.272 e. The molecular weight excluding hydrogens is 1450 g/mol. The minimum Gasteiger partial charge on any atom is -0.496 e.